The van der Waals surface area contributed by atoms with Gasteiger partial charge in [0.1, 0.15) is 0 Å². The van der Waals surface area contributed by atoms with Crippen LogP contribution in [0.2, 0.25) is 0 Å². The molecule has 1 aliphatic heterocycles. The predicted octanol–water partition coefficient (Wildman–Crippen LogP) is 4.33. The minimum absolute atomic E-state index is 0.000336. The van der Waals surface area contributed by atoms with Crippen LogP contribution in [0.25, 0.3) is 6.08 Å². The number of carbonyl (C=O) groups excluding carboxylic acids is 1. The number of thioether (sulfide) groups is 1. The fraction of sp³-hybridized carbons (Fsp3) is 0.200. The fourth-order valence-corrected chi connectivity index (χ4v) is 3.49. The number of methoxy groups -OCH3 is 1. The van der Waals surface area contributed by atoms with Crippen molar-refractivity contribution in [2.75, 3.05) is 20.3 Å². The van der Waals surface area contributed by atoms with Crippen LogP contribution < -0.4 is 0 Å². The SMILES string of the molecule is COCCCN1C(=O)/C(=C/c2ccccc2)SC1=Nc1ccccc1. The molecule has 1 amide bonds. The molecule has 0 aliphatic carbocycles. The summed E-state index contributed by atoms with van der Waals surface area (Å²) in [5.41, 5.74) is 1.85. The van der Waals surface area contributed by atoms with E-state index in [1.165, 1.54) is 11.8 Å². The lowest BCUT2D eigenvalue weighted by molar-refractivity contribution is -0.122. The highest BCUT2D eigenvalue weighted by atomic mass is 32.2. The van der Waals surface area contributed by atoms with E-state index in [0.717, 1.165) is 22.8 Å². The van der Waals surface area contributed by atoms with Crippen LogP contribution in [0.5, 0.6) is 0 Å². The zero-order valence-corrected chi connectivity index (χ0v) is 14.9. The summed E-state index contributed by atoms with van der Waals surface area (Å²) in [4.78, 5) is 19.9. The molecule has 2 aromatic rings. The molecule has 4 nitrogen and oxygen atoms in total. The van der Waals surface area contributed by atoms with Crippen LogP contribution >= 0.6 is 11.8 Å². The maximum atomic E-state index is 12.8. The smallest absolute Gasteiger partial charge is 0.266 e. The van der Waals surface area contributed by atoms with E-state index in [4.69, 9.17) is 4.74 Å². The maximum absolute atomic E-state index is 12.8. The van der Waals surface area contributed by atoms with Crippen LogP contribution in [0.3, 0.4) is 0 Å². The van der Waals surface area contributed by atoms with Crippen LogP contribution in [0.4, 0.5) is 5.69 Å². The number of aliphatic imine (C=N–C) groups is 1. The third-order valence-corrected chi connectivity index (χ3v) is 4.70. The van der Waals surface area contributed by atoms with Gasteiger partial charge in [-0.1, -0.05) is 48.5 Å². The van der Waals surface area contributed by atoms with Crippen LogP contribution in [0.15, 0.2) is 70.6 Å². The lowest BCUT2D eigenvalue weighted by Gasteiger charge is -2.15. The molecule has 0 bridgehead atoms. The largest absolute Gasteiger partial charge is 0.385 e. The summed E-state index contributed by atoms with van der Waals surface area (Å²) >= 11 is 1.42. The zero-order chi connectivity index (χ0) is 17.5. The van der Waals surface area contributed by atoms with Gasteiger partial charge in [0.2, 0.25) is 0 Å². The molecular weight excluding hydrogens is 332 g/mol. The second kappa shape index (κ2) is 8.65. The molecule has 0 N–H and O–H groups in total. The van der Waals surface area contributed by atoms with Gasteiger partial charge >= 0.3 is 0 Å². The Labute approximate surface area is 152 Å². The second-order valence-corrected chi connectivity index (χ2v) is 6.56. The Morgan fingerprint density at radius 1 is 1.08 bits per heavy atom. The molecule has 0 spiro atoms. The van der Waals surface area contributed by atoms with Crippen LogP contribution in [0, 0.1) is 0 Å². The molecule has 1 saturated heterocycles. The Bertz CT molecular complexity index is 773. The first kappa shape index (κ1) is 17.5. The Morgan fingerprint density at radius 2 is 1.76 bits per heavy atom. The summed E-state index contributed by atoms with van der Waals surface area (Å²) < 4.78 is 5.11. The van der Waals surface area contributed by atoms with Crippen molar-refractivity contribution in [3.8, 4) is 0 Å². The monoisotopic (exact) mass is 352 g/mol. The van der Waals surface area contributed by atoms with Crippen LogP contribution in [-0.2, 0) is 9.53 Å². The van der Waals surface area contributed by atoms with Crippen molar-refractivity contribution in [3.05, 3.63) is 71.1 Å². The Kier molecular flexibility index (Phi) is 6.04. The number of amides is 1. The number of benzene rings is 2. The first-order chi connectivity index (χ1) is 12.3. The van der Waals surface area contributed by atoms with E-state index in [9.17, 15) is 4.79 Å². The predicted molar refractivity (Wildman–Crippen MR) is 104 cm³/mol. The molecule has 0 radical (unpaired) electrons. The van der Waals surface area contributed by atoms with Crippen LogP contribution in [0.1, 0.15) is 12.0 Å². The zero-order valence-electron chi connectivity index (χ0n) is 14.1. The van der Waals surface area contributed by atoms with Gasteiger partial charge in [0.25, 0.3) is 5.91 Å². The molecule has 1 heterocycles. The summed E-state index contributed by atoms with van der Waals surface area (Å²) in [6.07, 6.45) is 2.69. The number of hydrogen-bond acceptors (Lipinski definition) is 4. The average Bonchev–Trinajstić information content (AvgIpc) is 2.92. The molecule has 5 heteroatoms. The van der Waals surface area contributed by atoms with Gasteiger partial charge in [-0.2, -0.15) is 0 Å². The fourth-order valence-electron chi connectivity index (χ4n) is 2.47. The van der Waals surface area contributed by atoms with Crippen molar-refractivity contribution in [2.24, 2.45) is 4.99 Å². The Hall–Kier alpha value is -2.37. The van der Waals surface area contributed by atoms with Gasteiger partial charge in [0.15, 0.2) is 5.17 Å². The topological polar surface area (TPSA) is 41.9 Å². The highest BCUT2D eigenvalue weighted by Gasteiger charge is 2.32. The number of para-hydroxylation sites is 1. The molecule has 1 aliphatic rings. The summed E-state index contributed by atoms with van der Waals surface area (Å²) in [7, 11) is 1.67. The number of ether oxygens (including phenoxy) is 1. The third-order valence-electron chi connectivity index (χ3n) is 3.70. The minimum atomic E-state index is -0.000336. The molecule has 0 aromatic heterocycles. The first-order valence-corrected chi connectivity index (χ1v) is 8.99. The number of carbonyl (C=O) groups is 1. The molecule has 0 atom stereocenters. The van der Waals surface area contributed by atoms with Crippen LogP contribution in [-0.4, -0.2) is 36.2 Å². The lowest BCUT2D eigenvalue weighted by Crippen LogP contribution is -2.30. The van der Waals surface area contributed by atoms with Crippen molar-refractivity contribution in [1.82, 2.24) is 4.90 Å². The molecular formula is C20H20N2O2S. The summed E-state index contributed by atoms with van der Waals surface area (Å²) in [6.45, 7) is 1.21. The summed E-state index contributed by atoms with van der Waals surface area (Å²) in [5.74, 6) is -0.000336. The number of nitrogens with zero attached hydrogens (tertiary/aromatic N) is 2. The average molecular weight is 352 g/mol. The number of hydrogen-bond donors (Lipinski definition) is 0. The molecule has 0 unspecified atom stereocenters. The van der Waals surface area contributed by atoms with Gasteiger partial charge in [-0.05, 0) is 42.0 Å². The number of rotatable bonds is 6. The quantitative estimate of drug-likeness (QED) is 0.574. The van der Waals surface area contributed by atoms with Crippen molar-refractivity contribution in [1.29, 1.82) is 0 Å². The Balaban J connectivity index is 1.88. The van der Waals surface area contributed by atoms with Gasteiger partial charge in [0, 0.05) is 20.3 Å². The van der Waals surface area contributed by atoms with E-state index in [0.29, 0.717) is 18.1 Å². The van der Waals surface area contributed by atoms with E-state index in [1.54, 1.807) is 12.0 Å². The molecule has 128 valence electrons. The Morgan fingerprint density at radius 3 is 2.44 bits per heavy atom. The third kappa shape index (κ3) is 4.59. The van der Waals surface area contributed by atoms with E-state index in [-0.39, 0.29) is 5.91 Å². The number of amidine groups is 1. The first-order valence-electron chi connectivity index (χ1n) is 8.17. The standard InChI is InChI=1S/C20H20N2O2S/c1-24-14-8-13-22-19(23)18(15-16-9-4-2-5-10-16)25-20(22)21-17-11-6-3-7-12-17/h2-7,9-12,15H,8,13-14H2,1H3/b18-15-,21-20?. The van der Waals surface area contributed by atoms with E-state index >= 15 is 0 Å². The summed E-state index contributed by atoms with van der Waals surface area (Å²) in [6, 6.07) is 19.6. The van der Waals surface area contributed by atoms with Crippen molar-refractivity contribution in [3.63, 3.8) is 0 Å². The molecule has 0 saturated carbocycles. The molecule has 1 fully saturated rings. The lowest BCUT2D eigenvalue weighted by atomic mass is 10.2. The highest BCUT2D eigenvalue weighted by Crippen LogP contribution is 2.34. The van der Waals surface area contributed by atoms with Gasteiger partial charge in [-0.25, -0.2) is 4.99 Å². The normalized spacial score (nSPS) is 17.6. The molecule has 3 rings (SSSR count). The van der Waals surface area contributed by atoms with Crippen molar-refractivity contribution in [2.45, 2.75) is 6.42 Å². The van der Waals surface area contributed by atoms with E-state index in [2.05, 4.69) is 4.99 Å². The molecule has 25 heavy (non-hydrogen) atoms. The van der Waals surface area contributed by atoms with Crippen molar-refractivity contribution < 1.29 is 9.53 Å². The maximum Gasteiger partial charge on any atom is 0.266 e. The van der Waals surface area contributed by atoms with Gasteiger partial charge < -0.3 is 4.74 Å². The second-order valence-electron chi connectivity index (χ2n) is 5.55. The van der Waals surface area contributed by atoms with Crippen molar-refractivity contribution >= 4 is 34.6 Å². The highest BCUT2D eigenvalue weighted by molar-refractivity contribution is 8.18. The van der Waals surface area contributed by atoms with Gasteiger partial charge in [0.05, 0.1) is 10.6 Å². The minimum Gasteiger partial charge on any atom is -0.385 e. The van der Waals surface area contributed by atoms with Gasteiger partial charge in [-0.3, -0.25) is 9.69 Å². The van der Waals surface area contributed by atoms with E-state index in [1.807, 2.05) is 66.7 Å². The van der Waals surface area contributed by atoms with E-state index < -0.39 is 0 Å². The molecule has 2 aromatic carbocycles. The summed E-state index contributed by atoms with van der Waals surface area (Å²) in [5, 5.41) is 0.717. The van der Waals surface area contributed by atoms with Gasteiger partial charge in [-0.15, -0.1) is 0 Å².